The number of hydrogen-bond acceptors (Lipinski definition) is 4. The minimum absolute atomic E-state index is 0.204. The van der Waals surface area contributed by atoms with E-state index in [4.69, 9.17) is 0 Å². The zero-order valence-electron chi connectivity index (χ0n) is 14.2. The third kappa shape index (κ3) is 4.36. The first-order valence-electron chi connectivity index (χ1n) is 7.70. The van der Waals surface area contributed by atoms with Crippen LogP contribution in [0.3, 0.4) is 0 Å². The van der Waals surface area contributed by atoms with Gasteiger partial charge in [0.15, 0.2) is 4.75 Å². The second kappa shape index (κ2) is 7.65. The number of nitrogens with one attached hydrogen (secondary N) is 1. The highest BCUT2D eigenvalue weighted by Gasteiger charge is 2.64. The molecule has 0 radical (unpaired) electrons. The molecule has 0 saturated carbocycles. The molecule has 0 saturated heterocycles. The highest BCUT2D eigenvalue weighted by molar-refractivity contribution is 7.90. The van der Waals surface area contributed by atoms with Crippen molar-refractivity contribution in [2.45, 2.75) is 56.1 Å². The maximum atomic E-state index is 14.9. The van der Waals surface area contributed by atoms with Crippen molar-refractivity contribution in [2.75, 3.05) is 0 Å². The Morgan fingerprint density at radius 3 is 2.04 bits per heavy atom. The summed E-state index contributed by atoms with van der Waals surface area (Å²) in [5, 5.41) is -2.31. The van der Waals surface area contributed by atoms with Gasteiger partial charge in [-0.1, -0.05) is 44.2 Å². The number of rotatable bonds is 9. The van der Waals surface area contributed by atoms with E-state index in [1.165, 1.54) is 6.92 Å². The van der Waals surface area contributed by atoms with Crippen molar-refractivity contribution < 1.29 is 30.2 Å². The largest absolute Gasteiger partial charge is 0.287 e. The quantitative estimate of drug-likeness (QED) is 0.622. The highest BCUT2D eigenvalue weighted by Crippen LogP contribution is 2.43. The lowest BCUT2D eigenvalue weighted by molar-refractivity contribution is -0.0457. The molecule has 0 spiro atoms. The maximum Gasteiger partial charge on any atom is 0.287 e. The lowest BCUT2D eigenvalue weighted by atomic mass is 9.95. The van der Waals surface area contributed by atoms with E-state index in [9.17, 15) is 30.2 Å². The number of alkyl halides is 2. The summed E-state index contributed by atoms with van der Waals surface area (Å²) >= 11 is 0. The lowest BCUT2D eigenvalue weighted by Gasteiger charge is -2.38. The summed E-state index contributed by atoms with van der Waals surface area (Å²) in [6.07, 6.45) is -1.17. The molecule has 0 bridgehead atoms. The fraction of sp³-hybridized carbons (Fsp3) is 0.600. The second-order valence-electron chi connectivity index (χ2n) is 5.93. The fourth-order valence-electron chi connectivity index (χ4n) is 2.48. The normalized spacial score (nSPS) is 17.0. The maximum absolute atomic E-state index is 14.9. The van der Waals surface area contributed by atoms with Gasteiger partial charge in [-0.05, 0) is 25.3 Å². The van der Waals surface area contributed by atoms with E-state index in [2.05, 4.69) is 4.72 Å². The molecular formula is C15H23F2NO5S2. The van der Waals surface area contributed by atoms with Crippen LogP contribution >= 0.6 is 0 Å². The van der Waals surface area contributed by atoms with Gasteiger partial charge in [0, 0.05) is 6.54 Å². The average Bonchev–Trinajstić information content (AvgIpc) is 2.52. The number of benzene rings is 1. The zero-order valence-corrected chi connectivity index (χ0v) is 15.9. The van der Waals surface area contributed by atoms with Gasteiger partial charge >= 0.3 is 0 Å². The van der Waals surface area contributed by atoms with Crippen LogP contribution < -0.4 is 4.72 Å². The highest BCUT2D eigenvalue weighted by atomic mass is 32.2. The number of hydrogen-bond donors (Lipinski definition) is 2. The molecule has 0 heterocycles. The molecule has 1 aromatic rings. The van der Waals surface area contributed by atoms with Crippen LogP contribution in [0.4, 0.5) is 8.78 Å². The van der Waals surface area contributed by atoms with Crippen molar-refractivity contribution in [1.29, 1.82) is 0 Å². The SMILES string of the molecule is CCC(C(F)(F)C(C)(CC)S(=O)(=O)O)S(=O)(=O)NCc1ccccc1. The van der Waals surface area contributed by atoms with Crippen LogP contribution in [-0.2, 0) is 26.7 Å². The molecule has 2 unspecified atom stereocenters. The van der Waals surface area contributed by atoms with Crippen LogP contribution in [0.25, 0.3) is 0 Å². The van der Waals surface area contributed by atoms with Gasteiger partial charge in [0.2, 0.25) is 10.0 Å². The molecule has 10 heteroatoms. The van der Waals surface area contributed by atoms with Crippen molar-refractivity contribution in [3.05, 3.63) is 35.9 Å². The first-order chi connectivity index (χ1) is 11.3. The van der Waals surface area contributed by atoms with Crippen LogP contribution in [-0.4, -0.2) is 37.3 Å². The molecule has 0 fully saturated rings. The molecule has 0 amide bonds. The molecule has 25 heavy (non-hydrogen) atoms. The molecule has 2 N–H and O–H groups in total. The first kappa shape index (κ1) is 21.9. The van der Waals surface area contributed by atoms with Crippen LogP contribution in [0.2, 0.25) is 0 Å². The van der Waals surface area contributed by atoms with E-state index in [-0.39, 0.29) is 6.54 Å². The van der Waals surface area contributed by atoms with Gasteiger partial charge in [0.25, 0.3) is 16.0 Å². The van der Waals surface area contributed by atoms with Crippen LogP contribution in [0.1, 0.15) is 39.2 Å². The Balaban J connectivity index is 3.21. The second-order valence-corrected chi connectivity index (χ2v) is 9.73. The lowest BCUT2D eigenvalue weighted by Crippen LogP contribution is -2.60. The predicted molar refractivity (Wildman–Crippen MR) is 91.5 cm³/mol. The van der Waals surface area contributed by atoms with Crippen molar-refractivity contribution in [1.82, 2.24) is 4.72 Å². The molecule has 6 nitrogen and oxygen atoms in total. The monoisotopic (exact) mass is 399 g/mol. The summed E-state index contributed by atoms with van der Waals surface area (Å²) in [7, 11) is -9.75. The third-order valence-corrected chi connectivity index (χ3v) is 8.04. The number of sulfonamides is 1. The van der Waals surface area contributed by atoms with Gasteiger partial charge in [-0.3, -0.25) is 4.55 Å². The summed E-state index contributed by atoms with van der Waals surface area (Å²) in [5.41, 5.74) is 0.567. The van der Waals surface area contributed by atoms with Crippen LogP contribution in [0.5, 0.6) is 0 Å². The van der Waals surface area contributed by atoms with Crippen molar-refractivity contribution >= 4 is 20.1 Å². The van der Waals surface area contributed by atoms with E-state index >= 15 is 0 Å². The zero-order chi connectivity index (χ0) is 19.5. The van der Waals surface area contributed by atoms with Crippen LogP contribution in [0.15, 0.2) is 30.3 Å². The summed E-state index contributed by atoms with van der Waals surface area (Å²) < 4.78 is 86.1. The van der Waals surface area contributed by atoms with Gasteiger partial charge in [-0.2, -0.15) is 8.42 Å². The summed E-state index contributed by atoms with van der Waals surface area (Å²) in [4.78, 5) is 0. The standard InChI is InChI=1S/C15H23F2NO5S2/c1-4-13(15(16,17)14(3,5-2)25(21,22)23)24(19,20)18-11-12-9-7-6-8-10-12/h6-10,13,18H,4-5,11H2,1-3H3,(H,21,22,23). The smallest absolute Gasteiger partial charge is 0.285 e. The molecule has 0 aromatic heterocycles. The summed E-state index contributed by atoms with van der Waals surface area (Å²) in [5.74, 6) is -4.20. The molecule has 1 rings (SSSR count). The Kier molecular flexibility index (Phi) is 6.71. The van der Waals surface area contributed by atoms with Gasteiger partial charge < -0.3 is 0 Å². The fourth-order valence-corrected chi connectivity index (χ4v) is 5.06. The predicted octanol–water partition coefficient (Wildman–Crippen LogP) is 2.58. The van der Waals surface area contributed by atoms with E-state index in [0.29, 0.717) is 12.5 Å². The molecule has 0 aliphatic heterocycles. The molecule has 0 aliphatic rings. The minimum atomic E-state index is -5.20. The van der Waals surface area contributed by atoms with E-state index in [0.717, 1.165) is 6.92 Å². The Morgan fingerprint density at radius 2 is 1.64 bits per heavy atom. The van der Waals surface area contributed by atoms with Crippen molar-refractivity contribution in [3.8, 4) is 0 Å². The first-order valence-corrected chi connectivity index (χ1v) is 10.7. The van der Waals surface area contributed by atoms with E-state index in [1.54, 1.807) is 30.3 Å². The molecular weight excluding hydrogens is 376 g/mol. The van der Waals surface area contributed by atoms with Gasteiger partial charge in [0.1, 0.15) is 5.25 Å². The summed E-state index contributed by atoms with van der Waals surface area (Å²) in [6, 6.07) is 8.30. The summed E-state index contributed by atoms with van der Waals surface area (Å²) in [6.45, 7) is 2.82. The number of halogens is 2. The molecule has 144 valence electrons. The van der Waals surface area contributed by atoms with E-state index < -0.39 is 48.9 Å². The van der Waals surface area contributed by atoms with Crippen molar-refractivity contribution in [2.24, 2.45) is 0 Å². The van der Waals surface area contributed by atoms with Crippen molar-refractivity contribution in [3.63, 3.8) is 0 Å². The Bertz CT molecular complexity index is 781. The van der Waals surface area contributed by atoms with Gasteiger partial charge in [0.05, 0.1) is 0 Å². The average molecular weight is 399 g/mol. The molecule has 0 aliphatic carbocycles. The Morgan fingerprint density at radius 1 is 1.12 bits per heavy atom. The van der Waals surface area contributed by atoms with Crippen LogP contribution in [0, 0.1) is 0 Å². The molecule has 1 aromatic carbocycles. The Labute approximate surface area is 147 Å². The minimum Gasteiger partial charge on any atom is -0.285 e. The van der Waals surface area contributed by atoms with Gasteiger partial charge in [-0.25, -0.2) is 21.9 Å². The van der Waals surface area contributed by atoms with E-state index in [1.807, 2.05) is 0 Å². The molecule has 2 atom stereocenters. The third-order valence-electron chi connectivity index (χ3n) is 4.42. The van der Waals surface area contributed by atoms with Gasteiger partial charge in [-0.15, -0.1) is 0 Å². The Hall–Kier alpha value is -1.10. The topological polar surface area (TPSA) is 101 Å².